The molecule has 4 fully saturated rings. The van der Waals surface area contributed by atoms with Crippen LogP contribution < -0.4 is 0 Å². The van der Waals surface area contributed by atoms with E-state index < -0.39 is 0 Å². The normalized spacial score (nSPS) is 27.1. The molecule has 0 aromatic heterocycles. The second kappa shape index (κ2) is 8.37. The van der Waals surface area contributed by atoms with Crippen LogP contribution in [0, 0.1) is 17.8 Å². The molecule has 3 aromatic rings. The highest BCUT2D eigenvalue weighted by molar-refractivity contribution is 5.96. The van der Waals surface area contributed by atoms with Gasteiger partial charge in [-0.1, -0.05) is 24.3 Å². The standard InChI is InChI=1S/C28H28O3.C2H4/c1-31-27(30)24-5-4-20-11-21(2-3-22(20)12-24)23-6-7-26(29)25(13-23)28-14-17-8-18(15-28)10-19(9-17)16-28;1-2/h2-7,11-13,17-19,29H,8-10,14-16H2,1H3;1-2H2. The van der Waals surface area contributed by atoms with E-state index in [0.717, 1.165) is 39.7 Å². The first kappa shape index (κ1) is 21.8. The Kier molecular flexibility index (Phi) is 5.52. The van der Waals surface area contributed by atoms with E-state index in [1.807, 2.05) is 30.3 Å². The molecule has 33 heavy (non-hydrogen) atoms. The van der Waals surface area contributed by atoms with Gasteiger partial charge in [0, 0.05) is 5.56 Å². The van der Waals surface area contributed by atoms with Crippen molar-refractivity contribution in [1.29, 1.82) is 0 Å². The van der Waals surface area contributed by atoms with Crippen molar-refractivity contribution in [3.8, 4) is 16.9 Å². The van der Waals surface area contributed by atoms with Crippen LogP contribution in [0.5, 0.6) is 5.75 Å². The Labute approximate surface area is 196 Å². The number of carbonyl (C=O) groups excluding carboxylic acids is 1. The molecular weight excluding hydrogens is 408 g/mol. The Morgan fingerprint density at radius 1 is 0.848 bits per heavy atom. The van der Waals surface area contributed by atoms with Gasteiger partial charge in [-0.15, -0.1) is 13.2 Å². The first-order valence-electron chi connectivity index (χ1n) is 12.0. The minimum Gasteiger partial charge on any atom is -0.508 e. The molecule has 0 saturated heterocycles. The molecule has 0 aliphatic heterocycles. The van der Waals surface area contributed by atoms with Crippen LogP contribution in [0.15, 0.2) is 67.8 Å². The average Bonchev–Trinajstić information content (AvgIpc) is 2.83. The molecule has 7 rings (SSSR count). The lowest BCUT2D eigenvalue weighted by Gasteiger charge is -2.57. The molecular formula is C30H32O3. The van der Waals surface area contributed by atoms with Crippen molar-refractivity contribution in [2.75, 3.05) is 7.11 Å². The van der Waals surface area contributed by atoms with Gasteiger partial charge in [0.1, 0.15) is 5.75 Å². The summed E-state index contributed by atoms with van der Waals surface area (Å²) in [6.07, 6.45) is 7.92. The number of carbonyl (C=O) groups is 1. The number of phenols is 1. The van der Waals surface area contributed by atoms with Crippen LogP contribution in [0.25, 0.3) is 21.9 Å². The Morgan fingerprint density at radius 3 is 2.03 bits per heavy atom. The number of esters is 1. The first-order chi connectivity index (χ1) is 16.0. The number of hydrogen-bond acceptors (Lipinski definition) is 3. The maximum Gasteiger partial charge on any atom is 0.337 e. The Hall–Kier alpha value is -3.07. The van der Waals surface area contributed by atoms with Gasteiger partial charge >= 0.3 is 5.97 Å². The summed E-state index contributed by atoms with van der Waals surface area (Å²) in [4.78, 5) is 11.8. The van der Waals surface area contributed by atoms with Crippen LogP contribution in [0.2, 0.25) is 0 Å². The van der Waals surface area contributed by atoms with E-state index in [1.54, 1.807) is 0 Å². The largest absolute Gasteiger partial charge is 0.508 e. The van der Waals surface area contributed by atoms with E-state index in [-0.39, 0.29) is 11.4 Å². The number of ether oxygens (including phenoxy) is 1. The topological polar surface area (TPSA) is 46.5 Å². The van der Waals surface area contributed by atoms with E-state index in [2.05, 4.69) is 37.4 Å². The zero-order valence-electron chi connectivity index (χ0n) is 19.3. The highest BCUT2D eigenvalue weighted by atomic mass is 16.5. The maximum atomic E-state index is 11.8. The molecule has 4 bridgehead atoms. The summed E-state index contributed by atoms with van der Waals surface area (Å²) < 4.78 is 4.84. The fourth-order valence-electron chi connectivity index (χ4n) is 7.25. The molecule has 170 valence electrons. The van der Waals surface area contributed by atoms with Gasteiger partial charge < -0.3 is 9.84 Å². The van der Waals surface area contributed by atoms with Gasteiger partial charge in [-0.3, -0.25) is 0 Å². The monoisotopic (exact) mass is 440 g/mol. The number of fused-ring (bicyclic) bond motifs is 1. The van der Waals surface area contributed by atoms with Crippen molar-refractivity contribution in [3.63, 3.8) is 0 Å². The molecule has 4 aliphatic rings. The number of rotatable bonds is 3. The zero-order chi connectivity index (χ0) is 23.2. The van der Waals surface area contributed by atoms with E-state index >= 15 is 0 Å². The lowest BCUT2D eigenvalue weighted by molar-refractivity contribution is -0.00611. The fourth-order valence-corrected chi connectivity index (χ4v) is 7.25. The van der Waals surface area contributed by atoms with E-state index in [0.29, 0.717) is 11.3 Å². The summed E-state index contributed by atoms with van der Waals surface area (Å²) in [5, 5.41) is 13.0. The van der Waals surface area contributed by atoms with Crippen LogP contribution in [-0.4, -0.2) is 18.2 Å². The number of hydrogen-bond donors (Lipinski definition) is 1. The van der Waals surface area contributed by atoms with Crippen molar-refractivity contribution in [2.45, 2.75) is 43.9 Å². The Balaban J connectivity index is 0.00000111. The summed E-state index contributed by atoms with van der Waals surface area (Å²) >= 11 is 0. The first-order valence-corrected chi connectivity index (χ1v) is 12.0. The Morgan fingerprint density at radius 2 is 1.39 bits per heavy atom. The minimum absolute atomic E-state index is 0.168. The van der Waals surface area contributed by atoms with Gasteiger partial charge in [-0.2, -0.15) is 0 Å². The van der Waals surface area contributed by atoms with Crippen LogP contribution in [-0.2, 0) is 10.2 Å². The predicted molar refractivity (Wildman–Crippen MR) is 133 cm³/mol. The van der Waals surface area contributed by atoms with Crippen LogP contribution in [0.3, 0.4) is 0 Å². The van der Waals surface area contributed by atoms with Gasteiger partial charge in [0.15, 0.2) is 0 Å². The molecule has 0 amide bonds. The fraction of sp³-hybridized carbons (Fsp3) is 0.367. The molecule has 0 unspecified atom stereocenters. The SMILES string of the molecule is C=C.COC(=O)c1ccc2cc(-c3ccc(O)c(C45CC6CC(CC(C6)C4)C5)c3)ccc2c1. The third kappa shape index (κ3) is 3.74. The van der Waals surface area contributed by atoms with E-state index in [1.165, 1.54) is 51.2 Å². The third-order valence-corrected chi connectivity index (χ3v) is 8.20. The van der Waals surface area contributed by atoms with Crippen LogP contribution in [0.4, 0.5) is 0 Å². The summed E-state index contributed by atoms with van der Waals surface area (Å²) in [5.74, 6) is 2.69. The minimum atomic E-state index is -0.315. The molecule has 0 radical (unpaired) electrons. The van der Waals surface area contributed by atoms with Gasteiger partial charge in [0.2, 0.25) is 0 Å². The lowest BCUT2D eigenvalue weighted by Crippen LogP contribution is -2.48. The van der Waals surface area contributed by atoms with Crippen LogP contribution in [0.1, 0.15) is 54.4 Å². The number of benzene rings is 3. The number of aromatic hydroxyl groups is 1. The molecule has 0 spiro atoms. The lowest BCUT2D eigenvalue weighted by atomic mass is 9.48. The molecule has 0 heterocycles. The molecule has 3 aromatic carbocycles. The number of methoxy groups -OCH3 is 1. The van der Waals surface area contributed by atoms with Gasteiger partial charge in [-0.25, -0.2) is 4.79 Å². The molecule has 4 saturated carbocycles. The van der Waals surface area contributed by atoms with E-state index in [4.69, 9.17) is 4.74 Å². The summed E-state index contributed by atoms with van der Waals surface area (Å²) in [5.41, 5.74) is 4.20. The van der Waals surface area contributed by atoms with Crippen molar-refractivity contribution < 1.29 is 14.6 Å². The van der Waals surface area contributed by atoms with Crippen molar-refractivity contribution in [1.82, 2.24) is 0 Å². The third-order valence-electron chi connectivity index (χ3n) is 8.20. The second-order valence-corrected chi connectivity index (χ2v) is 10.2. The smallest absolute Gasteiger partial charge is 0.337 e. The zero-order valence-corrected chi connectivity index (χ0v) is 19.3. The van der Waals surface area contributed by atoms with Crippen molar-refractivity contribution >= 4 is 16.7 Å². The summed E-state index contributed by atoms with van der Waals surface area (Å²) in [7, 11) is 1.40. The van der Waals surface area contributed by atoms with Crippen molar-refractivity contribution in [3.05, 3.63) is 78.9 Å². The summed E-state index contributed by atoms with van der Waals surface area (Å²) in [6, 6.07) is 18.2. The molecule has 0 atom stereocenters. The second-order valence-electron chi connectivity index (χ2n) is 10.2. The van der Waals surface area contributed by atoms with Gasteiger partial charge in [-0.05, 0) is 114 Å². The molecule has 3 nitrogen and oxygen atoms in total. The van der Waals surface area contributed by atoms with Crippen LogP contribution >= 0.6 is 0 Å². The highest BCUT2D eigenvalue weighted by Crippen LogP contribution is 2.62. The quantitative estimate of drug-likeness (QED) is 0.344. The summed E-state index contributed by atoms with van der Waals surface area (Å²) in [6.45, 7) is 6.00. The van der Waals surface area contributed by atoms with Crippen molar-refractivity contribution in [2.24, 2.45) is 17.8 Å². The average molecular weight is 441 g/mol. The highest BCUT2D eigenvalue weighted by Gasteiger charge is 2.52. The molecule has 3 heteroatoms. The van der Waals surface area contributed by atoms with E-state index in [9.17, 15) is 9.90 Å². The predicted octanol–water partition coefficient (Wildman–Crippen LogP) is 7.27. The molecule has 1 N–H and O–H groups in total. The molecule has 4 aliphatic carbocycles. The van der Waals surface area contributed by atoms with Gasteiger partial charge in [0.05, 0.1) is 12.7 Å². The number of phenolic OH excluding ortho intramolecular Hbond substituents is 1. The van der Waals surface area contributed by atoms with Gasteiger partial charge in [0.25, 0.3) is 0 Å². The Bertz CT molecular complexity index is 1170. The maximum absolute atomic E-state index is 11.8.